The van der Waals surface area contributed by atoms with E-state index in [0.717, 1.165) is 17.1 Å². The normalized spacial score (nSPS) is 17.7. The number of morpholine rings is 1. The Morgan fingerprint density at radius 1 is 0.968 bits per heavy atom. The molecular weight excluding hydrogens is 416 g/mol. The molecule has 0 unspecified atom stereocenters. The van der Waals surface area contributed by atoms with Crippen molar-refractivity contribution >= 4 is 27.2 Å². The van der Waals surface area contributed by atoms with E-state index in [1.54, 1.807) is 17.0 Å². The summed E-state index contributed by atoms with van der Waals surface area (Å²) in [5.74, 6) is 0.772. The number of ether oxygens (including phenoxy) is 1. The number of amides is 1. The first-order valence-electron chi connectivity index (χ1n) is 10.5. The van der Waals surface area contributed by atoms with Gasteiger partial charge in [0.05, 0.1) is 23.7 Å². The first kappa shape index (κ1) is 21.6. The fraction of sp³-hybridized carbons (Fsp3) is 0.455. The van der Waals surface area contributed by atoms with Gasteiger partial charge in [-0.25, -0.2) is 13.4 Å². The summed E-state index contributed by atoms with van der Waals surface area (Å²) >= 11 is 0. The number of nitrogens with zero attached hydrogens (tertiary/aromatic N) is 4. The third kappa shape index (κ3) is 4.83. The fourth-order valence-corrected chi connectivity index (χ4v) is 4.60. The van der Waals surface area contributed by atoms with E-state index in [4.69, 9.17) is 4.74 Å². The van der Waals surface area contributed by atoms with Gasteiger partial charge in [0.2, 0.25) is 0 Å². The number of piperazine rings is 1. The molecule has 0 saturated carbocycles. The zero-order chi connectivity index (χ0) is 22.0. The van der Waals surface area contributed by atoms with Crippen molar-refractivity contribution in [2.75, 3.05) is 68.5 Å². The molecular formula is C22H28N4O4S. The number of anilines is 2. The van der Waals surface area contributed by atoms with E-state index in [-0.39, 0.29) is 10.8 Å². The van der Waals surface area contributed by atoms with Crippen LogP contribution in [0.25, 0.3) is 0 Å². The van der Waals surface area contributed by atoms with Crippen LogP contribution < -0.4 is 9.80 Å². The van der Waals surface area contributed by atoms with Crippen LogP contribution >= 0.6 is 0 Å². The van der Waals surface area contributed by atoms with E-state index >= 15 is 0 Å². The molecule has 1 aromatic carbocycles. The lowest BCUT2D eigenvalue weighted by molar-refractivity contribution is 0.0745. The van der Waals surface area contributed by atoms with Gasteiger partial charge in [-0.2, -0.15) is 0 Å². The Kier molecular flexibility index (Phi) is 6.15. The van der Waals surface area contributed by atoms with Crippen LogP contribution in [0.3, 0.4) is 0 Å². The number of hydrogen-bond donors (Lipinski definition) is 0. The quantitative estimate of drug-likeness (QED) is 0.708. The molecule has 1 amide bonds. The summed E-state index contributed by atoms with van der Waals surface area (Å²) in [4.78, 5) is 24.2. The average Bonchev–Trinajstić information content (AvgIpc) is 2.79. The van der Waals surface area contributed by atoms with E-state index < -0.39 is 9.84 Å². The Morgan fingerprint density at radius 3 is 2.29 bits per heavy atom. The van der Waals surface area contributed by atoms with Gasteiger partial charge in [-0.05, 0) is 36.8 Å². The molecule has 0 spiro atoms. The first-order valence-corrected chi connectivity index (χ1v) is 12.4. The van der Waals surface area contributed by atoms with Crippen LogP contribution in [0, 0.1) is 6.92 Å². The number of hydrogen-bond acceptors (Lipinski definition) is 7. The molecule has 8 nitrogen and oxygen atoms in total. The van der Waals surface area contributed by atoms with Crippen LogP contribution in [0.2, 0.25) is 0 Å². The third-order valence-corrected chi connectivity index (χ3v) is 6.88. The Hall–Kier alpha value is -2.65. The van der Waals surface area contributed by atoms with E-state index in [9.17, 15) is 13.2 Å². The molecule has 0 atom stereocenters. The van der Waals surface area contributed by atoms with Gasteiger partial charge < -0.3 is 19.4 Å². The van der Waals surface area contributed by atoms with Crippen LogP contribution in [0.15, 0.2) is 41.4 Å². The minimum atomic E-state index is -3.42. The summed E-state index contributed by atoms with van der Waals surface area (Å²) in [5, 5.41) is 0. The fourth-order valence-electron chi connectivity index (χ4n) is 3.95. The largest absolute Gasteiger partial charge is 0.378 e. The zero-order valence-corrected chi connectivity index (χ0v) is 18.8. The second kappa shape index (κ2) is 8.84. The Labute approximate surface area is 183 Å². The number of carbonyl (C=O) groups excluding carboxylic acids is 1. The van der Waals surface area contributed by atoms with E-state index in [1.807, 2.05) is 25.3 Å². The van der Waals surface area contributed by atoms with Crippen molar-refractivity contribution < 1.29 is 17.9 Å². The van der Waals surface area contributed by atoms with E-state index in [1.165, 1.54) is 12.3 Å². The highest BCUT2D eigenvalue weighted by molar-refractivity contribution is 7.90. The predicted octanol–water partition coefficient (Wildman–Crippen LogP) is 1.59. The number of pyridine rings is 1. The highest BCUT2D eigenvalue weighted by Gasteiger charge is 2.27. The molecule has 4 rings (SSSR count). The zero-order valence-electron chi connectivity index (χ0n) is 18.0. The smallest absolute Gasteiger partial charge is 0.256 e. The number of aryl methyl sites for hydroxylation is 1. The number of aromatic nitrogens is 1. The minimum absolute atomic E-state index is 0.136. The van der Waals surface area contributed by atoms with Gasteiger partial charge in [-0.1, -0.05) is 6.07 Å². The van der Waals surface area contributed by atoms with Gasteiger partial charge in [0.1, 0.15) is 5.82 Å². The molecule has 3 heterocycles. The number of benzene rings is 1. The maximum absolute atomic E-state index is 13.5. The summed E-state index contributed by atoms with van der Waals surface area (Å²) < 4.78 is 29.7. The summed E-state index contributed by atoms with van der Waals surface area (Å²) in [6.07, 6.45) is 3.01. The highest BCUT2D eigenvalue weighted by atomic mass is 32.2. The van der Waals surface area contributed by atoms with Crippen molar-refractivity contribution in [1.29, 1.82) is 0 Å². The number of sulfone groups is 1. The number of carbonyl (C=O) groups is 1. The second-order valence-electron chi connectivity index (χ2n) is 8.02. The summed E-state index contributed by atoms with van der Waals surface area (Å²) in [7, 11) is -3.42. The lowest BCUT2D eigenvalue weighted by atomic mass is 10.1. The maximum Gasteiger partial charge on any atom is 0.256 e. The van der Waals surface area contributed by atoms with Crippen LogP contribution in [0.5, 0.6) is 0 Å². The Bertz CT molecular complexity index is 1040. The molecule has 2 saturated heterocycles. The lowest BCUT2D eigenvalue weighted by Gasteiger charge is -2.37. The SMILES string of the molecule is Cc1ccc(N2CCN(C(=O)c3cc(S(C)(=O)=O)ccc3N3CCOCC3)CC2)nc1. The van der Waals surface area contributed by atoms with E-state index in [0.29, 0.717) is 58.0 Å². The topological polar surface area (TPSA) is 83.1 Å². The molecule has 2 aliphatic heterocycles. The van der Waals surface area contributed by atoms with Gasteiger partial charge >= 0.3 is 0 Å². The molecule has 0 N–H and O–H groups in total. The molecule has 0 aliphatic carbocycles. The van der Waals surface area contributed by atoms with Gasteiger partial charge in [0.15, 0.2) is 9.84 Å². The molecule has 31 heavy (non-hydrogen) atoms. The summed E-state index contributed by atoms with van der Waals surface area (Å²) in [5.41, 5.74) is 2.31. The van der Waals surface area contributed by atoms with Gasteiger partial charge in [0.25, 0.3) is 5.91 Å². The van der Waals surface area contributed by atoms with Crippen LogP contribution in [-0.4, -0.2) is 82.9 Å². The number of rotatable bonds is 4. The van der Waals surface area contributed by atoms with Gasteiger partial charge in [-0.3, -0.25) is 4.79 Å². The molecule has 0 bridgehead atoms. The van der Waals surface area contributed by atoms with Gasteiger partial charge in [-0.15, -0.1) is 0 Å². The average molecular weight is 445 g/mol. The van der Waals surface area contributed by atoms with Crippen LogP contribution in [-0.2, 0) is 14.6 Å². The van der Waals surface area contributed by atoms with Crippen LogP contribution in [0.1, 0.15) is 15.9 Å². The van der Waals surface area contributed by atoms with Crippen molar-refractivity contribution in [1.82, 2.24) is 9.88 Å². The minimum Gasteiger partial charge on any atom is -0.378 e. The molecule has 2 aliphatic rings. The summed E-state index contributed by atoms with van der Waals surface area (Å²) in [6, 6.07) is 8.89. The van der Waals surface area contributed by atoms with Crippen molar-refractivity contribution in [3.63, 3.8) is 0 Å². The standard InChI is InChI=1S/C22H28N4O4S/c1-17-3-6-21(23-16-17)25-7-9-26(10-8-25)22(27)19-15-18(31(2,28)29)4-5-20(19)24-11-13-30-14-12-24/h3-6,15-16H,7-14H2,1-2H3. The monoisotopic (exact) mass is 444 g/mol. The molecule has 0 radical (unpaired) electrons. The first-order chi connectivity index (χ1) is 14.8. The third-order valence-electron chi connectivity index (χ3n) is 5.76. The van der Waals surface area contributed by atoms with Gasteiger partial charge in [0, 0.05) is 57.4 Å². The summed E-state index contributed by atoms with van der Waals surface area (Å²) in [6.45, 7) is 7.00. The van der Waals surface area contributed by atoms with Crippen molar-refractivity contribution in [2.45, 2.75) is 11.8 Å². The van der Waals surface area contributed by atoms with Crippen molar-refractivity contribution in [3.8, 4) is 0 Å². The Morgan fingerprint density at radius 2 is 1.68 bits per heavy atom. The van der Waals surface area contributed by atoms with Crippen molar-refractivity contribution in [3.05, 3.63) is 47.7 Å². The Balaban J connectivity index is 1.56. The predicted molar refractivity (Wildman–Crippen MR) is 120 cm³/mol. The van der Waals surface area contributed by atoms with Crippen molar-refractivity contribution in [2.24, 2.45) is 0 Å². The molecule has 1 aromatic heterocycles. The second-order valence-corrected chi connectivity index (χ2v) is 10.0. The lowest BCUT2D eigenvalue weighted by Crippen LogP contribution is -2.49. The molecule has 166 valence electrons. The molecule has 2 aromatic rings. The van der Waals surface area contributed by atoms with E-state index in [2.05, 4.69) is 14.8 Å². The highest BCUT2D eigenvalue weighted by Crippen LogP contribution is 2.27. The molecule has 9 heteroatoms. The van der Waals surface area contributed by atoms with Crippen LogP contribution in [0.4, 0.5) is 11.5 Å². The molecule has 2 fully saturated rings. The maximum atomic E-state index is 13.5.